The minimum absolute atomic E-state index is 0.266. The Kier molecular flexibility index (Phi) is 3.53. The molecule has 0 spiro atoms. The van der Waals surface area contributed by atoms with Crippen molar-refractivity contribution in [1.82, 2.24) is 5.32 Å². The van der Waals surface area contributed by atoms with Crippen LogP contribution in [-0.4, -0.2) is 11.9 Å². The van der Waals surface area contributed by atoms with Gasteiger partial charge in [0.1, 0.15) is 5.70 Å². The minimum atomic E-state index is -0.471. The van der Waals surface area contributed by atoms with E-state index in [0.717, 1.165) is 14.7 Å². The predicted molar refractivity (Wildman–Crippen MR) is 84.5 cm³/mol. The maximum absolute atomic E-state index is 12.4. The molecule has 3 amide bonds. The van der Waals surface area contributed by atoms with E-state index in [-0.39, 0.29) is 11.6 Å². The van der Waals surface area contributed by atoms with Crippen molar-refractivity contribution in [3.8, 4) is 0 Å². The van der Waals surface area contributed by atoms with E-state index in [0.29, 0.717) is 10.7 Å². The van der Waals surface area contributed by atoms with Crippen LogP contribution >= 0.6 is 22.9 Å². The van der Waals surface area contributed by atoms with Gasteiger partial charge in [-0.25, -0.2) is 9.69 Å². The quantitative estimate of drug-likeness (QED) is 0.676. The number of carbonyl (C=O) groups is 2. The molecule has 0 saturated carbocycles. The van der Waals surface area contributed by atoms with Crippen LogP contribution in [0, 0.1) is 6.92 Å². The third-order valence-electron chi connectivity index (χ3n) is 2.99. The maximum Gasteiger partial charge on any atom is 0.333 e. The van der Waals surface area contributed by atoms with E-state index in [1.807, 2.05) is 19.1 Å². The number of hydrogen-bond acceptors (Lipinski definition) is 3. The molecule has 2 heterocycles. The molecule has 1 fully saturated rings. The van der Waals surface area contributed by atoms with Crippen molar-refractivity contribution in [1.29, 1.82) is 0 Å². The average Bonchev–Trinajstić information content (AvgIpc) is 2.94. The summed E-state index contributed by atoms with van der Waals surface area (Å²) >= 11 is 7.46. The zero-order valence-corrected chi connectivity index (χ0v) is 12.7. The zero-order valence-electron chi connectivity index (χ0n) is 11.1. The molecule has 1 N–H and O–H groups in total. The molecule has 0 aliphatic carbocycles. The van der Waals surface area contributed by atoms with Gasteiger partial charge in [-0.05, 0) is 43.3 Å². The molecule has 6 heteroatoms. The molecule has 3 rings (SSSR count). The molecule has 1 aromatic carbocycles. The van der Waals surface area contributed by atoms with Crippen molar-refractivity contribution >= 4 is 46.6 Å². The lowest BCUT2D eigenvalue weighted by atomic mass is 10.3. The molecule has 1 saturated heterocycles. The van der Waals surface area contributed by atoms with Crippen LogP contribution in [0.1, 0.15) is 9.75 Å². The van der Waals surface area contributed by atoms with Crippen LogP contribution in [-0.2, 0) is 4.79 Å². The van der Waals surface area contributed by atoms with Gasteiger partial charge in [-0.3, -0.25) is 4.79 Å². The first-order valence-electron chi connectivity index (χ1n) is 6.24. The minimum Gasteiger partial charge on any atom is -0.302 e. The standard InChI is InChI=1S/C15H11ClN2O2S/c1-9-5-6-12(21-9)8-13-14(19)18(15(20)17-13)11-4-2-3-10(16)7-11/h2-8H,1H3,(H,17,20)/b13-8+. The molecule has 106 valence electrons. The number of aryl methyl sites for hydroxylation is 1. The number of imide groups is 1. The van der Waals surface area contributed by atoms with E-state index in [2.05, 4.69) is 5.32 Å². The first-order chi connectivity index (χ1) is 10.0. The Hall–Kier alpha value is -2.11. The fraction of sp³-hybridized carbons (Fsp3) is 0.0667. The molecule has 0 unspecified atom stereocenters. The highest BCUT2D eigenvalue weighted by Gasteiger charge is 2.34. The fourth-order valence-corrected chi connectivity index (χ4v) is 3.06. The Labute approximate surface area is 130 Å². The third-order valence-corrected chi connectivity index (χ3v) is 4.18. The number of benzene rings is 1. The van der Waals surface area contributed by atoms with E-state index in [1.165, 1.54) is 0 Å². The number of halogens is 1. The summed E-state index contributed by atoms with van der Waals surface area (Å²) in [5, 5.41) is 3.06. The van der Waals surface area contributed by atoms with Gasteiger partial charge in [0.05, 0.1) is 5.69 Å². The molecule has 4 nitrogen and oxygen atoms in total. The van der Waals surface area contributed by atoms with Gasteiger partial charge in [-0.2, -0.15) is 0 Å². The van der Waals surface area contributed by atoms with E-state index < -0.39 is 6.03 Å². The number of thiophene rings is 1. The second-order valence-electron chi connectivity index (χ2n) is 4.56. The van der Waals surface area contributed by atoms with Gasteiger partial charge in [0, 0.05) is 14.8 Å². The summed E-state index contributed by atoms with van der Waals surface area (Å²) in [4.78, 5) is 27.5. The van der Waals surface area contributed by atoms with Gasteiger partial charge in [-0.1, -0.05) is 17.7 Å². The normalized spacial score (nSPS) is 16.7. The van der Waals surface area contributed by atoms with E-state index in [9.17, 15) is 9.59 Å². The summed E-state index contributed by atoms with van der Waals surface area (Å²) in [5.74, 6) is -0.381. The van der Waals surface area contributed by atoms with Crippen LogP contribution < -0.4 is 10.2 Å². The number of anilines is 1. The summed E-state index contributed by atoms with van der Waals surface area (Å²) in [7, 11) is 0. The summed E-state index contributed by atoms with van der Waals surface area (Å²) in [6.45, 7) is 1.99. The van der Waals surface area contributed by atoms with Gasteiger partial charge in [0.25, 0.3) is 5.91 Å². The van der Waals surface area contributed by atoms with Crippen molar-refractivity contribution in [3.63, 3.8) is 0 Å². The Bertz CT molecular complexity index is 767. The molecule has 1 aliphatic heterocycles. The fourth-order valence-electron chi connectivity index (χ4n) is 2.06. The number of nitrogens with one attached hydrogen (secondary N) is 1. The van der Waals surface area contributed by atoms with E-state index >= 15 is 0 Å². The van der Waals surface area contributed by atoms with Crippen molar-refractivity contribution in [2.24, 2.45) is 0 Å². The van der Waals surface area contributed by atoms with E-state index in [4.69, 9.17) is 11.6 Å². The SMILES string of the molecule is Cc1ccc(/C=C2/NC(=O)N(c3cccc(Cl)c3)C2=O)s1. The predicted octanol–water partition coefficient (Wildman–Crippen LogP) is 3.81. The molecular weight excluding hydrogens is 308 g/mol. The molecule has 0 atom stereocenters. The van der Waals surface area contributed by atoms with Crippen molar-refractivity contribution < 1.29 is 9.59 Å². The van der Waals surface area contributed by atoms with Crippen molar-refractivity contribution in [2.45, 2.75) is 6.92 Å². The summed E-state index contributed by atoms with van der Waals surface area (Å²) in [6, 6.07) is 10.0. The first kappa shape index (κ1) is 13.9. The monoisotopic (exact) mass is 318 g/mol. The van der Waals surface area contributed by atoms with Crippen LogP contribution in [0.4, 0.5) is 10.5 Å². The van der Waals surface area contributed by atoms with Crippen LogP contribution in [0.5, 0.6) is 0 Å². The number of nitrogens with zero attached hydrogens (tertiary/aromatic N) is 1. The molecule has 0 radical (unpaired) electrons. The molecular formula is C15H11ClN2O2S. The Morgan fingerprint density at radius 2 is 2.05 bits per heavy atom. The first-order valence-corrected chi connectivity index (χ1v) is 7.43. The summed E-state index contributed by atoms with van der Waals surface area (Å²) in [5.41, 5.74) is 0.720. The van der Waals surface area contributed by atoms with Crippen molar-refractivity contribution in [2.75, 3.05) is 4.90 Å². The Morgan fingerprint density at radius 3 is 2.71 bits per heavy atom. The summed E-state index contributed by atoms with van der Waals surface area (Å²) < 4.78 is 0. The lowest BCUT2D eigenvalue weighted by Crippen LogP contribution is -2.30. The lowest BCUT2D eigenvalue weighted by Gasteiger charge is -2.11. The number of hydrogen-bond donors (Lipinski definition) is 1. The van der Waals surface area contributed by atoms with Gasteiger partial charge >= 0.3 is 6.03 Å². The van der Waals surface area contributed by atoms with E-state index in [1.54, 1.807) is 41.7 Å². The number of urea groups is 1. The second-order valence-corrected chi connectivity index (χ2v) is 6.31. The Morgan fingerprint density at radius 1 is 1.24 bits per heavy atom. The van der Waals surface area contributed by atoms with Gasteiger partial charge in [-0.15, -0.1) is 11.3 Å². The topological polar surface area (TPSA) is 49.4 Å². The van der Waals surface area contributed by atoms with Crippen LogP contribution in [0.25, 0.3) is 6.08 Å². The largest absolute Gasteiger partial charge is 0.333 e. The number of rotatable bonds is 2. The zero-order chi connectivity index (χ0) is 15.0. The molecule has 1 aliphatic rings. The number of carbonyl (C=O) groups excluding carboxylic acids is 2. The third kappa shape index (κ3) is 2.70. The van der Waals surface area contributed by atoms with Crippen LogP contribution in [0.2, 0.25) is 5.02 Å². The maximum atomic E-state index is 12.4. The highest BCUT2D eigenvalue weighted by Crippen LogP contribution is 2.26. The molecule has 21 heavy (non-hydrogen) atoms. The van der Waals surface area contributed by atoms with Gasteiger partial charge in [0.2, 0.25) is 0 Å². The number of amides is 3. The smallest absolute Gasteiger partial charge is 0.302 e. The van der Waals surface area contributed by atoms with Gasteiger partial charge in [0.15, 0.2) is 0 Å². The molecule has 2 aromatic rings. The molecule has 1 aromatic heterocycles. The Balaban J connectivity index is 1.94. The average molecular weight is 319 g/mol. The highest BCUT2D eigenvalue weighted by atomic mass is 35.5. The highest BCUT2D eigenvalue weighted by molar-refractivity contribution is 7.12. The molecule has 0 bridgehead atoms. The second kappa shape index (κ2) is 5.35. The lowest BCUT2D eigenvalue weighted by molar-refractivity contribution is -0.113. The van der Waals surface area contributed by atoms with Crippen LogP contribution in [0.3, 0.4) is 0 Å². The van der Waals surface area contributed by atoms with Crippen LogP contribution in [0.15, 0.2) is 42.1 Å². The van der Waals surface area contributed by atoms with Gasteiger partial charge < -0.3 is 5.32 Å². The van der Waals surface area contributed by atoms with Crippen molar-refractivity contribution in [3.05, 3.63) is 56.9 Å². The summed E-state index contributed by atoms with van der Waals surface area (Å²) in [6.07, 6.45) is 1.68.